The third-order valence-corrected chi connectivity index (χ3v) is 5.90. The minimum Gasteiger partial charge on any atom is -0.504 e. The number of phenols is 1. The predicted molar refractivity (Wildman–Crippen MR) is 111 cm³/mol. The van der Waals surface area contributed by atoms with Crippen LogP contribution in [0.25, 0.3) is 0 Å². The molecule has 0 spiro atoms. The summed E-state index contributed by atoms with van der Waals surface area (Å²) in [6.07, 6.45) is 2.44. The van der Waals surface area contributed by atoms with Crippen LogP contribution in [0.15, 0.2) is 22.7 Å². The molecule has 6 nitrogen and oxygen atoms in total. The maximum atomic E-state index is 10.8. The zero-order chi connectivity index (χ0) is 20.3. The number of methoxy groups -OCH3 is 4. The van der Waals surface area contributed by atoms with Crippen molar-refractivity contribution in [2.24, 2.45) is 0 Å². The standard InChI is InChI=1S/C21H26BrNO5/c1-25-16-9-12(14(22)11-17(16)26-2)5-6-15-19-13(7-8-23-15)10-18(27-3)21(28-4)20(19)24/h9-11,15,23-24H,5-8H2,1-4H3. The second kappa shape index (κ2) is 8.92. The number of aryl methyl sites for hydroxylation is 1. The molecule has 0 aliphatic carbocycles. The van der Waals surface area contributed by atoms with E-state index >= 15 is 0 Å². The molecule has 0 amide bonds. The number of rotatable bonds is 7. The van der Waals surface area contributed by atoms with Crippen molar-refractivity contribution in [2.75, 3.05) is 35.0 Å². The molecule has 0 saturated carbocycles. The zero-order valence-electron chi connectivity index (χ0n) is 16.6. The SMILES string of the molecule is COc1cc(Br)c(CCC2NCCc3cc(OC)c(OC)c(O)c32)cc1OC. The van der Waals surface area contributed by atoms with Crippen LogP contribution in [-0.2, 0) is 12.8 Å². The summed E-state index contributed by atoms with van der Waals surface area (Å²) < 4.78 is 22.5. The van der Waals surface area contributed by atoms with E-state index in [1.165, 1.54) is 7.11 Å². The van der Waals surface area contributed by atoms with Crippen LogP contribution in [0.1, 0.15) is 29.2 Å². The lowest BCUT2D eigenvalue weighted by Gasteiger charge is -2.29. The van der Waals surface area contributed by atoms with Gasteiger partial charge in [0.15, 0.2) is 23.0 Å². The highest BCUT2D eigenvalue weighted by Gasteiger charge is 2.28. The van der Waals surface area contributed by atoms with Crippen molar-refractivity contribution in [1.82, 2.24) is 5.32 Å². The van der Waals surface area contributed by atoms with Crippen molar-refractivity contribution in [3.63, 3.8) is 0 Å². The second-order valence-electron chi connectivity index (χ2n) is 6.63. The van der Waals surface area contributed by atoms with Gasteiger partial charge >= 0.3 is 0 Å². The Hall–Kier alpha value is -2.12. The Kier molecular flexibility index (Phi) is 6.57. The molecule has 0 radical (unpaired) electrons. The van der Waals surface area contributed by atoms with Crippen LogP contribution in [0.5, 0.6) is 28.7 Å². The lowest BCUT2D eigenvalue weighted by molar-refractivity contribution is 0.324. The Labute approximate surface area is 173 Å². The molecule has 152 valence electrons. The second-order valence-corrected chi connectivity index (χ2v) is 7.48. The van der Waals surface area contributed by atoms with Gasteiger partial charge in [0.1, 0.15) is 0 Å². The van der Waals surface area contributed by atoms with Gasteiger partial charge in [-0.3, -0.25) is 0 Å². The maximum Gasteiger partial charge on any atom is 0.203 e. The van der Waals surface area contributed by atoms with Crippen LogP contribution in [0, 0.1) is 0 Å². The third-order valence-electron chi connectivity index (χ3n) is 5.16. The number of fused-ring (bicyclic) bond motifs is 1. The van der Waals surface area contributed by atoms with Crippen molar-refractivity contribution in [2.45, 2.75) is 25.3 Å². The lowest BCUT2D eigenvalue weighted by atomic mass is 9.89. The quantitative estimate of drug-likeness (QED) is 0.662. The summed E-state index contributed by atoms with van der Waals surface area (Å²) in [6, 6.07) is 5.89. The fourth-order valence-corrected chi connectivity index (χ4v) is 4.28. The molecule has 1 aliphatic rings. The monoisotopic (exact) mass is 451 g/mol. The van der Waals surface area contributed by atoms with Crippen molar-refractivity contribution >= 4 is 15.9 Å². The van der Waals surface area contributed by atoms with Gasteiger partial charge < -0.3 is 29.4 Å². The Morgan fingerprint density at radius 2 is 1.68 bits per heavy atom. The van der Waals surface area contributed by atoms with Gasteiger partial charge in [0.05, 0.1) is 28.4 Å². The van der Waals surface area contributed by atoms with Gasteiger partial charge in [-0.25, -0.2) is 0 Å². The number of hydrogen-bond acceptors (Lipinski definition) is 6. The van der Waals surface area contributed by atoms with Crippen LogP contribution in [-0.4, -0.2) is 40.1 Å². The van der Waals surface area contributed by atoms with Crippen molar-refractivity contribution < 1.29 is 24.1 Å². The van der Waals surface area contributed by atoms with E-state index < -0.39 is 0 Å². The van der Waals surface area contributed by atoms with Gasteiger partial charge in [0.2, 0.25) is 5.75 Å². The molecule has 1 aliphatic heterocycles. The molecule has 0 saturated heterocycles. The molecule has 2 aromatic rings. The Bertz CT molecular complexity index is 855. The van der Waals surface area contributed by atoms with E-state index in [2.05, 4.69) is 21.2 Å². The van der Waals surface area contributed by atoms with Gasteiger partial charge in [-0.15, -0.1) is 0 Å². The van der Waals surface area contributed by atoms with Gasteiger partial charge in [-0.05, 0) is 55.1 Å². The first-order valence-corrected chi connectivity index (χ1v) is 9.93. The Morgan fingerprint density at radius 1 is 1.00 bits per heavy atom. The summed E-state index contributed by atoms with van der Waals surface area (Å²) in [5.74, 6) is 2.48. The number of halogens is 1. The smallest absolute Gasteiger partial charge is 0.203 e. The van der Waals surface area contributed by atoms with Crippen molar-refractivity contribution in [3.05, 3.63) is 39.4 Å². The summed E-state index contributed by atoms with van der Waals surface area (Å²) in [4.78, 5) is 0. The number of phenolic OH excluding ortho intramolecular Hbond substituents is 1. The van der Waals surface area contributed by atoms with E-state index in [1.54, 1.807) is 21.3 Å². The molecule has 0 fully saturated rings. The first kappa shape index (κ1) is 20.6. The highest BCUT2D eigenvalue weighted by Crippen LogP contribution is 2.46. The summed E-state index contributed by atoms with van der Waals surface area (Å²) >= 11 is 3.62. The lowest BCUT2D eigenvalue weighted by Crippen LogP contribution is -2.30. The Morgan fingerprint density at radius 3 is 2.32 bits per heavy atom. The van der Waals surface area contributed by atoms with Gasteiger partial charge in [-0.2, -0.15) is 0 Å². The van der Waals surface area contributed by atoms with Crippen LogP contribution >= 0.6 is 15.9 Å². The van der Waals surface area contributed by atoms with Crippen LogP contribution < -0.4 is 24.3 Å². The van der Waals surface area contributed by atoms with E-state index in [4.69, 9.17) is 18.9 Å². The molecule has 2 aromatic carbocycles. The number of nitrogens with one attached hydrogen (secondary N) is 1. The first-order valence-electron chi connectivity index (χ1n) is 9.14. The first-order chi connectivity index (χ1) is 13.5. The molecule has 3 rings (SSSR count). The molecule has 28 heavy (non-hydrogen) atoms. The summed E-state index contributed by atoms with van der Waals surface area (Å²) in [5.41, 5.74) is 3.09. The van der Waals surface area contributed by atoms with E-state index in [0.717, 1.165) is 47.0 Å². The van der Waals surface area contributed by atoms with Crippen molar-refractivity contribution in [3.8, 4) is 28.7 Å². The highest BCUT2D eigenvalue weighted by atomic mass is 79.9. The van der Waals surface area contributed by atoms with Crippen LogP contribution in [0.4, 0.5) is 0 Å². The number of benzene rings is 2. The number of hydrogen-bond donors (Lipinski definition) is 2. The van der Waals surface area contributed by atoms with Crippen LogP contribution in [0.3, 0.4) is 0 Å². The summed E-state index contributed by atoms with van der Waals surface area (Å²) in [7, 11) is 6.37. The summed E-state index contributed by atoms with van der Waals surface area (Å²) in [6.45, 7) is 0.847. The average molecular weight is 452 g/mol. The number of ether oxygens (including phenoxy) is 4. The molecule has 0 bridgehead atoms. The molecule has 0 aromatic heterocycles. The Balaban J connectivity index is 1.88. The van der Waals surface area contributed by atoms with E-state index in [-0.39, 0.29) is 11.8 Å². The fraction of sp³-hybridized carbons (Fsp3) is 0.429. The van der Waals surface area contributed by atoms with Gasteiger partial charge in [-0.1, -0.05) is 15.9 Å². The fourth-order valence-electron chi connectivity index (χ4n) is 3.75. The van der Waals surface area contributed by atoms with Crippen molar-refractivity contribution in [1.29, 1.82) is 0 Å². The molecular weight excluding hydrogens is 426 g/mol. The van der Waals surface area contributed by atoms with E-state index in [1.807, 2.05) is 18.2 Å². The average Bonchev–Trinajstić information content (AvgIpc) is 2.72. The molecule has 2 N–H and O–H groups in total. The van der Waals surface area contributed by atoms with Crippen LogP contribution in [0.2, 0.25) is 0 Å². The topological polar surface area (TPSA) is 69.2 Å². The predicted octanol–water partition coefficient (Wildman–Crippen LogP) is 4.01. The molecule has 1 atom stereocenters. The zero-order valence-corrected chi connectivity index (χ0v) is 18.2. The largest absolute Gasteiger partial charge is 0.504 e. The normalized spacial score (nSPS) is 15.7. The minimum atomic E-state index is 0.0172. The maximum absolute atomic E-state index is 10.8. The number of aromatic hydroxyl groups is 1. The molecule has 1 unspecified atom stereocenters. The molecule has 1 heterocycles. The van der Waals surface area contributed by atoms with Gasteiger partial charge in [0.25, 0.3) is 0 Å². The third kappa shape index (κ3) is 3.86. The van der Waals surface area contributed by atoms with Gasteiger partial charge in [0, 0.05) is 16.1 Å². The van der Waals surface area contributed by atoms with E-state index in [9.17, 15) is 5.11 Å². The molecule has 7 heteroatoms. The van der Waals surface area contributed by atoms with E-state index in [0.29, 0.717) is 23.0 Å². The minimum absolute atomic E-state index is 0.0172. The highest BCUT2D eigenvalue weighted by molar-refractivity contribution is 9.10. The molecular formula is C21H26BrNO5. The summed E-state index contributed by atoms with van der Waals surface area (Å²) in [5, 5.41) is 14.3.